The van der Waals surface area contributed by atoms with E-state index in [-0.39, 0.29) is 18.7 Å². The summed E-state index contributed by atoms with van der Waals surface area (Å²) in [6, 6.07) is 2.87. The summed E-state index contributed by atoms with van der Waals surface area (Å²) < 4.78 is 45.6. The Morgan fingerprint density at radius 1 is 1.15 bits per heavy atom. The zero-order valence-electron chi connectivity index (χ0n) is 15.2. The van der Waals surface area contributed by atoms with Crippen LogP contribution in [0, 0.1) is 0 Å². The Kier molecular flexibility index (Phi) is 5.46. The zero-order valence-corrected chi connectivity index (χ0v) is 15.2. The van der Waals surface area contributed by atoms with Crippen molar-refractivity contribution in [3.8, 4) is 0 Å². The summed E-state index contributed by atoms with van der Waals surface area (Å²) in [6.07, 6.45) is -2.38. The number of nitrogens with zero attached hydrogens (tertiary/aromatic N) is 2. The van der Waals surface area contributed by atoms with Gasteiger partial charge in [0.15, 0.2) is 0 Å². The fraction of sp³-hybridized carbons (Fsp3) is 0.632. The van der Waals surface area contributed by atoms with Gasteiger partial charge < -0.3 is 9.64 Å². The van der Waals surface area contributed by atoms with Crippen molar-refractivity contribution in [1.82, 2.24) is 9.80 Å². The Labute approximate surface area is 151 Å². The van der Waals surface area contributed by atoms with E-state index in [1.54, 1.807) is 24.8 Å². The molecule has 0 atom stereocenters. The molecule has 0 unspecified atom stereocenters. The summed E-state index contributed by atoms with van der Waals surface area (Å²) in [5, 5.41) is 0. The van der Waals surface area contributed by atoms with Crippen LogP contribution in [0.15, 0.2) is 12.1 Å². The fourth-order valence-corrected chi connectivity index (χ4v) is 3.78. The van der Waals surface area contributed by atoms with Crippen molar-refractivity contribution in [2.45, 2.75) is 51.9 Å². The predicted octanol–water partition coefficient (Wildman–Crippen LogP) is 3.86. The number of ether oxygens (including phenoxy) is 1. The largest absolute Gasteiger partial charge is 0.447 e. The molecule has 1 aromatic rings. The number of rotatable bonds is 3. The number of benzene rings is 1. The van der Waals surface area contributed by atoms with Crippen molar-refractivity contribution < 1.29 is 22.7 Å². The van der Waals surface area contributed by atoms with Gasteiger partial charge in [-0.1, -0.05) is 6.07 Å². The summed E-state index contributed by atoms with van der Waals surface area (Å²) in [7, 11) is 0. The van der Waals surface area contributed by atoms with Crippen LogP contribution in [0.5, 0.6) is 0 Å². The highest BCUT2D eigenvalue weighted by molar-refractivity contribution is 5.67. The highest BCUT2D eigenvalue weighted by Gasteiger charge is 2.36. The molecule has 0 N–H and O–H groups in total. The van der Waals surface area contributed by atoms with Crippen molar-refractivity contribution >= 4 is 6.09 Å². The van der Waals surface area contributed by atoms with Gasteiger partial charge in [0, 0.05) is 32.7 Å². The van der Waals surface area contributed by atoms with Gasteiger partial charge in [-0.25, -0.2) is 4.79 Å². The molecule has 1 heterocycles. The van der Waals surface area contributed by atoms with E-state index in [2.05, 4.69) is 0 Å². The second kappa shape index (κ2) is 7.47. The smallest absolute Gasteiger partial charge is 0.416 e. The number of fused-ring (bicyclic) bond motifs is 1. The SMILES string of the molecule is CC(C)OC(=O)N1CCN(Cc2c(C(F)(F)F)ccc3c2CCC3)CC1. The van der Waals surface area contributed by atoms with E-state index in [0.717, 1.165) is 30.4 Å². The van der Waals surface area contributed by atoms with Crippen molar-refractivity contribution in [2.75, 3.05) is 26.2 Å². The summed E-state index contributed by atoms with van der Waals surface area (Å²) >= 11 is 0. The molecule has 1 saturated heterocycles. The predicted molar refractivity (Wildman–Crippen MR) is 91.9 cm³/mol. The van der Waals surface area contributed by atoms with Crippen molar-refractivity contribution in [3.63, 3.8) is 0 Å². The molecule has 0 bridgehead atoms. The molecule has 0 spiro atoms. The molecule has 1 fully saturated rings. The zero-order chi connectivity index (χ0) is 18.9. The summed E-state index contributed by atoms with van der Waals surface area (Å²) in [5.74, 6) is 0. The number of carbonyl (C=O) groups excluding carboxylic acids is 1. The van der Waals surface area contributed by atoms with E-state index in [0.29, 0.717) is 31.7 Å². The molecule has 3 rings (SSSR count). The van der Waals surface area contributed by atoms with Crippen LogP contribution in [0.1, 0.15) is 42.5 Å². The summed E-state index contributed by atoms with van der Waals surface area (Å²) in [4.78, 5) is 15.6. The number of alkyl halides is 3. The molecular weight excluding hydrogens is 345 g/mol. The van der Waals surface area contributed by atoms with E-state index < -0.39 is 11.7 Å². The lowest BCUT2D eigenvalue weighted by molar-refractivity contribution is -0.138. The second-order valence-corrected chi connectivity index (χ2v) is 7.28. The van der Waals surface area contributed by atoms with Crippen LogP contribution < -0.4 is 0 Å². The highest BCUT2D eigenvalue weighted by atomic mass is 19.4. The van der Waals surface area contributed by atoms with Gasteiger partial charge >= 0.3 is 12.3 Å². The van der Waals surface area contributed by atoms with E-state index in [9.17, 15) is 18.0 Å². The molecule has 2 aliphatic rings. The third-order valence-corrected chi connectivity index (χ3v) is 5.06. The van der Waals surface area contributed by atoms with Gasteiger partial charge in [0.1, 0.15) is 0 Å². The number of aryl methyl sites for hydroxylation is 1. The molecule has 1 aliphatic heterocycles. The van der Waals surface area contributed by atoms with Crippen LogP contribution in [0.2, 0.25) is 0 Å². The molecular formula is C19H25F3N2O2. The number of hydrogen-bond acceptors (Lipinski definition) is 3. The highest BCUT2D eigenvalue weighted by Crippen LogP contribution is 2.38. The topological polar surface area (TPSA) is 32.8 Å². The maximum absolute atomic E-state index is 13.5. The van der Waals surface area contributed by atoms with Crippen LogP contribution >= 0.6 is 0 Å². The number of hydrogen-bond donors (Lipinski definition) is 0. The number of amides is 1. The molecule has 144 valence electrons. The minimum Gasteiger partial charge on any atom is -0.447 e. The maximum atomic E-state index is 13.5. The molecule has 1 amide bonds. The Morgan fingerprint density at radius 3 is 2.46 bits per heavy atom. The normalized spacial score (nSPS) is 18.3. The Morgan fingerprint density at radius 2 is 1.85 bits per heavy atom. The Balaban J connectivity index is 1.71. The quantitative estimate of drug-likeness (QED) is 0.810. The fourth-order valence-electron chi connectivity index (χ4n) is 3.78. The minimum absolute atomic E-state index is 0.179. The van der Waals surface area contributed by atoms with Gasteiger partial charge in [0.2, 0.25) is 0 Å². The number of carbonyl (C=O) groups is 1. The van der Waals surface area contributed by atoms with Gasteiger partial charge in [-0.2, -0.15) is 13.2 Å². The van der Waals surface area contributed by atoms with Crippen LogP contribution in [0.4, 0.5) is 18.0 Å². The standard InChI is InChI=1S/C19H25F3N2O2/c1-13(2)26-18(25)24-10-8-23(9-11-24)12-16-15-5-3-4-14(15)6-7-17(16)19(20,21)22/h6-7,13H,3-5,8-12H2,1-2H3. The molecule has 4 nitrogen and oxygen atoms in total. The van der Waals surface area contributed by atoms with Crippen molar-refractivity contribution in [2.24, 2.45) is 0 Å². The first kappa shape index (κ1) is 19.0. The lowest BCUT2D eigenvalue weighted by Gasteiger charge is -2.35. The maximum Gasteiger partial charge on any atom is 0.416 e. The first-order valence-corrected chi connectivity index (χ1v) is 9.14. The van der Waals surface area contributed by atoms with Gasteiger partial charge in [-0.05, 0) is 55.9 Å². The van der Waals surface area contributed by atoms with E-state index in [1.807, 2.05) is 4.90 Å². The lowest BCUT2D eigenvalue weighted by Crippen LogP contribution is -2.49. The molecule has 0 saturated carbocycles. The number of halogens is 3. The van der Waals surface area contributed by atoms with E-state index >= 15 is 0 Å². The molecule has 0 aromatic heterocycles. The van der Waals surface area contributed by atoms with Gasteiger partial charge in [-0.3, -0.25) is 4.90 Å². The minimum atomic E-state index is -4.34. The van der Waals surface area contributed by atoms with Crippen molar-refractivity contribution in [1.29, 1.82) is 0 Å². The van der Waals surface area contributed by atoms with Crippen LogP contribution in [0.25, 0.3) is 0 Å². The average Bonchev–Trinajstić information content (AvgIpc) is 3.03. The molecule has 7 heteroatoms. The van der Waals surface area contributed by atoms with Gasteiger partial charge in [0.25, 0.3) is 0 Å². The Bertz CT molecular complexity index is 665. The lowest BCUT2D eigenvalue weighted by atomic mass is 9.96. The van der Waals surface area contributed by atoms with Crippen LogP contribution in [-0.2, 0) is 30.3 Å². The van der Waals surface area contributed by atoms with E-state index in [1.165, 1.54) is 6.07 Å². The number of piperazine rings is 1. The Hall–Kier alpha value is -1.76. The summed E-state index contributed by atoms with van der Waals surface area (Å²) in [5.41, 5.74) is 1.83. The van der Waals surface area contributed by atoms with Crippen LogP contribution in [0.3, 0.4) is 0 Å². The average molecular weight is 370 g/mol. The van der Waals surface area contributed by atoms with Gasteiger partial charge in [-0.15, -0.1) is 0 Å². The first-order chi connectivity index (χ1) is 12.3. The third-order valence-electron chi connectivity index (χ3n) is 5.06. The second-order valence-electron chi connectivity index (χ2n) is 7.28. The van der Waals surface area contributed by atoms with Gasteiger partial charge in [0.05, 0.1) is 11.7 Å². The molecule has 26 heavy (non-hydrogen) atoms. The first-order valence-electron chi connectivity index (χ1n) is 9.14. The third kappa shape index (κ3) is 4.14. The van der Waals surface area contributed by atoms with Crippen molar-refractivity contribution in [3.05, 3.63) is 34.4 Å². The monoisotopic (exact) mass is 370 g/mol. The van der Waals surface area contributed by atoms with Crippen LogP contribution in [-0.4, -0.2) is 48.2 Å². The summed E-state index contributed by atoms with van der Waals surface area (Å²) in [6.45, 7) is 5.92. The molecule has 1 aliphatic carbocycles. The molecule has 0 radical (unpaired) electrons. The van der Waals surface area contributed by atoms with E-state index in [4.69, 9.17) is 4.74 Å². The molecule has 1 aromatic carbocycles.